The lowest BCUT2D eigenvalue weighted by atomic mass is 9.68. The van der Waals surface area contributed by atoms with Gasteiger partial charge in [-0.05, 0) is 69.5 Å². The van der Waals surface area contributed by atoms with Crippen LogP contribution in [0.3, 0.4) is 0 Å². The Bertz CT molecular complexity index is 766. The third-order valence-electron chi connectivity index (χ3n) is 8.95. The van der Waals surface area contributed by atoms with Crippen molar-refractivity contribution in [3.63, 3.8) is 0 Å². The summed E-state index contributed by atoms with van der Waals surface area (Å²) >= 11 is 0. The molecule has 5 rings (SSSR count). The van der Waals surface area contributed by atoms with Gasteiger partial charge in [-0.2, -0.15) is 0 Å². The SMILES string of the molecule is O=C(O)C1(CN2CCC(CN[C@@H]3C[C@H]3c3ccccc3)(COCC3CCC3)CC2)CCC1. The standard InChI is InChI=1S/C27H40N2O3/c30-25(31)27(10-5-11-27)19-29-14-12-26(13-15-29,20-32-17-21-6-4-7-21)18-28-24-16-23(24)22-8-2-1-3-9-22/h1-3,8-9,21,23-24,28H,4-7,10-20H2,(H,30,31)/t23-,24+/m0/s1. The van der Waals surface area contributed by atoms with Crippen LogP contribution < -0.4 is 5.32 Å². The minimum Gasteiger partial charge on any atom is -0.481 e. The smallest absolute Gasteiger partial charge is 0.310 e. The third-order valence-corrected chi connectivity index (χ3v) is 8.95. The number of piperidine rings is 1. The molecule has 176 valence electrons. The molecular weight excluding hydrogens is 400 g/mol. The van der Waals surface area contributed by atoms with E-state index >= 15 is 0 Å². The number of nitrogens with one attached hydrogen (secondary N) is 1. The number of hydrogen-bond acceptors (Lipinski definition) is 4. The zero-order valence-electron chi connectivity index (χ0n) is 19.4. The van der Waals surface area contributed by atoms with Crippen molar-refractivity contribution in [2.75, 3.05) is 39.4 Å². The number of aliphatic carboxylic acids is 1. The van der Waals surface area contributed by atoms with Crippen molar-refractivity contribution < 1.29 is 14.6 Å². The first-order valence-electron chi connectivity index (χ1n) is 12.9. The number of nitrogens with zero attached hydrogens (tertiary/aromatic N) is 1. The molecule has 32 heavy (non-hydrogen) atoms. The molecule has 1 heterocycles. The average molecular weight is 441 g/mol. The minimum atomic E-state index is -0.591. The summed E-state index contributed by atoms with van der Waals surface area (Å²) < 4.78 is 6.30. The van der Waals surface area contributed by atoms with Gasteiger partial charge in [0.15, 0.2) is 0 Å². The molecular formula is C27H40N2O3. The Morgan fingerprint density at radius 3 is 2.44 bits per heavy atom. The van der Waals surface area contributed by atoms with Gasteiger partial charge in [-0.1, -0.05) is 43.2 Å². The fourth-order valence-corrected chi connectivity index (χ4v) is 5.97. The van der Waals surface area contributed by atoms with Crippen molar-refractivity contribution in [1.82, 2.24) is 10.2 Å². The molecule has 3 saturated carbocycles. The molecule has 4 fully saturated rings. The van der Waals surface area contributed by atoms with Crippen molar-refractivity contribution >= 4 is 5.97 Å². The number of hydrogen-bond donors (Lipinski definition) is 2. The molecule has 1 saturated heterocycles. The molecule has 0 amide bonds. The fourth-order valence-electron chi connectivity index (χ4n) is 5.97. The summed E-state index contributed by atoms with van der Waals surface area (Å²) in [7, 11) is 0. The van der Waals surface area contributed by atoms with E-state index in [-0.39, 0.29) is 5.41 Å². The highest BCUT2D eigenvalue weighted by Crippen LogP contribution is 2.44. The first-order chi connectivity index (χ1) is 15.6. The van der Waals surface area contributed by atoms with Crippen LogP contribution in [0.4, 0.5) is 0 Å². The Kier molecular flexibility index (Phi) is 6.60. The molecule has 0 spiro atoms. The summed E-state index contributed by atoms with van der Waals surface area (Å²) in [6.07, 6.45) is 10.2. The second kappa shape index (κ2) is 9.44. The first kappa shape index (κ1) is 22.4. The predicted octanol–water partition coefficient (Wildman–Crippen LogP) is 4.29. The Morgan fingerprint density at radius 2 is 1.84 bits per heavy atom. The van der Waals surface area contributed by atoms with Crippen LogP contribution >= 0.6 is 0 Å². The molecule has 0 bridgehead atoms. The number of carboxylic acids is 1. The van der Waals surface area contributed by atoms with E-state index in [9.17, 15) is 9.90 Å². The van der Waals surface area contributed by atoms with E-state index in [4.69, 9.17) is 4.74 Å². The van der Waals surface area contributed by atoms with Crippen LogP contribution in [0, 0.1) is 16.7 Å². The lowest BCUT2D eigenvalue weighted by Crippen LogP contribution is -2.53. The van der Waals surface area contributed by atoms with Crippen LogP contribution in [-0.4, -0.2) is 61.4 Å². The highest BCUT2D eigenvalue weighted by Gasteiger charge is 2.47. The average Bonchev–Trinajstić information content (AvgIpc) is 3.53. The van der Waals surface area contributed by atoms with Gasteiger partial charge in [-0.3, -0.25) is 4.79 Å². The van der Waals surface area contributed by atoms with E-state index in [1.165, 1.54) is 31.2 Å². The maximum absolute atomic E-state index is 11.8. The van der Waals surface area contributed by atoms with Gasteiger partial charge < -0.3 is 20.1 Å². The number of carboxylic acid groups (broad SMARTS) is 1. The van der Waals surface area contributed by atoms with E-state index in [1.807, 2.05) is 0 Å². The first-order valence-corrected chi connectivity index (χ1v) is 12.9. The summed E-state index contributed by atoms with van der Waals surface area (Å²) in [5.41, 5.74) is 1.16. The quantitative estimate of drug-likeness (QED) is 0.538. The summed E-state index contributed by atoms with van der Waals surface area (Å²) in [6.45, 7) is 5.50. The van der Waals surface area contributed by atoms with Crippen molar-refractivity contribution in [1.29, 1.82) is 0 Å². The van der Waals surface area contributed by atoms with Crippen LogP contribution in [0.25, 0.3) is 0 Å². The molecule has 0 radical (unpaired) electrons. The monoisotopic (exact) mass is 440 g/mol. The minimum absolute atomic E-state index is 0.181. The highest BCUT2D eigenvalue weighted by molar-refractivity contribution is 5.76. The number of benzene rings is 1. The second-order valence-electron chi connectivity index (χ2n) is 11.3. The molecule has 0 unspecified atom stereocenters. The normalized spacial score (nSPS) is 29.1. The lowest BCUT2D eigenvalue weighted by Gasteiger charge is -2.47. The summed E-state index contributed by atoms with van der Waals surface area (Å²) in [5, 5.41) is 13.6. The topological polar surface area (TPSA) is 61.8 Å². The number of rotatable bonds is 11. The highest BCUT2D eigenvalue weighted by atomic mass is 16.5. The third kappa shape index (κ3) is 4.90. The van der Waals surface area contributed by atoms with E-state index in [2.05, 4.69) is 40.5 Å². The van der Waals surface area contributed by atoms with Crippen molar-refractivity contribution in [3.05, 3.63) is 35.9 Å². The van der Waals surface area contributed by atoms with E-state index < -0.39 is 11.4 Å². The maximum Gasteiger partial charge on any atom is 0.310 e. The molecule has 2 atom stereocenters. The largest absolute Gasteiger partial charge is 0.481 e. The Labute approximate surface area is 192 Å². The molecule has 3 aliphatic carbocycles. The van der Waals surface area contributed by atoms with Crippen LogP contribution in [0.2, 0.25) is 0 Å². The summed E-state index contributed by atoms with van der Waals surface area (Å²) in [5.74, 6) is 0.838. The zero-order valence-corrected chi connectivity index (χ0v) is 19.4. The molecule has 5 heteroatoms. The molecule has 1 aromatic carbocycles. The number of ether oxygens (including phenoxy) is 1. The second-order valence-corrected chi connectivity index (χ2v) is 11.3. The van der Waals surface area contributed by atoms with Crippen molar-refractivity contribution in [2.45, 2.75) is 69.7 Å². The van der Waals surface area contributed by atoms with Gasteiger partial charge >= 0.3 is 5.97 Å². The van der Waals surface area contributed by atoms with Crippen LogP contribution in [0.5, 0.6) is 0 Å². The van der Waals surface area contributed by atoms with Crippen molar-refractivity contribution in [2.24, 2.45) is 16.7 Å². The fraction of sp³-hybridized carbons (Fsp3) is 0.741. The maximum atomic E-state index is 11.8. The van der Waals surface area contributed by atoms with Crippen LogP contribution in [0.1, 0.15) is 69.3 Å². The van der Waals surface area contributed by atoms with Gasteiger partial charge in [0, 0.05) is 37.1 Å². The summed E-state index contributed by atoms with van der Waals surface area (Å²) in [6, 6.07) is 11.5. The Morgan fingerprint density at radius 1 is 1.09 bits per heavy atom. The molecule has 1 aromatic rings. The molecule has 0 aromatic heterocycles. The van der Waals surface area contributed by atoms with Gasteiger partial charge in [0.1, 0.15) is 0 Å². The van der Waals surface area contributed by atoms with Crippen molar-refractivity contribution in [3.8, 4) is 0 Å². The Balaban J connectivity index is 1.15. The predicted molar refractivity (Wildman–Crippen MR) is 126 cm³/mol. The van der Waals surface area contributed by atoms with Gasteiger partial charge in [-0.15, -0.1) is 0 Å². The van der Waals surface area contributed by atoms with E-state index in [0.717, 1.165) is 77.4 Å². The van der Waals surface area contributed by atoms with Gasteiger partial charge in [0.05, 0.1) is 12.0 Å². The van der Waals surface area contributed by atoms with Crippen LogP contribution in [0.15, 0.2) is 30.3 Å². The molecule has 4 aliphatic rings. The molecule has 2 N–H and O–H groups in total. The van der Waals surface area contributed by atoms with E-state index in [0.29, 0.717) is 12.0 Å². The van der Waals surface area contributed by atoms with E-state index in [1.54, 1.807) is 0 Å². The lowest BCUT2D eigenvalue weighted by molar-refractivity contribution is -0.157. The molecule has 5 nitrogen and oxygen atoms in total. The van der Waals surface area contributed by atoms with Crippen LogP contribution in [-0.2, 0) is 9.53 Å². The van der Waals surface area contributed by atoms with Gasteiger partial charge in [0.2, 0.25) is 0 Å². The zero-order chi connectivity index (χ0) is 22.0. The number of likely N-dealkylation sites (tertiary alicyclic amines) is 1. The number of carbonyl (C=O) groups is 1. The Hall–Kier alpha value is -1.43. The summed E-state index contributed by atoms with van der Waals surface area (Å²) in [4.78, 5) is 14.2. The van der Waals surface area contributed by atoms with Gasteiger partial charge in [-0.25, -0.2) is 0 Å². The molecule has 1 aliphatic heterocycles. The van der Waals surface area contributed by atoms with Gasteiger partial charge in [0.25, 0.3) is 0 Å².